The van der Waals surface area contributed by atoms with Crippen LogP contribution in [0.4, 0.5) is 4.79 Å². The molecule has 2 heterocycles. The van der Waals surface area contributed by atoms with E-state index in [0.29, 0.717) is 0 Å². The second kappa shape index (κ2) is 5.14. The Kier molecular flexibility index (Phi) is 3.31. The first-order valence-corrected chi connectivity index (χ1v) is 7.29. The number of thiophene rings is 1. The number of benzene rings is 1. The molecule has 1 atom stereocenters. The Morgan fingerprint density at radius 1 is 1.19 bits per heavy atom. The van der Waals surface area contributed by atoms with Crippen molar-refractivity contribution in [1.29, 1.82) is 0 Å². The van der Waals surface area contributed by atoms with Crippen molar-refractivity contribution in [3.05, 3.63) is 58.3 Å². The van der Waals surface area contributed by atoms with Gasteiger partial charge in [-0.15, -0.1) is 16.3 Å². The van der Waals surface area contributed by atoms with Gasteiger partial charge in [0.05, 0.1) is 6.21 Å². The number of imide groups is 1. The molecule has 21 heavy (non-hydrogen) atoms. The maximum atomic E-state index is 12.5. The lowest BCUT2D eigenvalue weighted by atomic mass is 9.92. The lowest BCUT2D eigenvalue weighted by molar-refractivity contribution is -0.131. The lowest BCUT2D eigenvalue weighted by Gasteiger charge is -2.20. The van der Waals surface area contributed by atoms with Crippen molar-refractivity contribution in [3.63, 3.8) is 0 Å². The van der Waals surface area contributed by atoms with E-state index in [1.54, 1.807) is 6.92 Å². The number of hydrogen-bond donors (Lipinski definition) is 1. The molecule has 6 heteroatoms. The zero-order valence-electron chi connectivity index (χ0n) is 11.3. The minimum atomic E-state index is -1.08. The topological polar surface area (TPSA) is 61.8 Å². The quantitative estimate of drug-likeness (QED) is 0.699. The molecule has 1 aliphatic heterocycles. The van der Waals surface area contributed by atoms with Crippen LogP contribution in [0.5, 0.6) is 0 Å². The van der Waals surface area contributed by atoms with Crippen molar-refractivity contribution in [1.82, 2.24) is 10.3 Å². The first kappa shape index (κ1) is 13.5. The molecule has 0 unspecified atom stereocenters. The van der Waals surface area contributed by atoms with E-state index in [1.807, 2.05) is 47.8 Å². The number of nitrogens with zero attached hydrogens (tertiary/aromatic N) is 2. The number of rotatable bonds is 3. The van der Waals surface area contributed by atoms with Crippen molar-refractivity contribution in [3.8, 4) is 0 Å². The van der Waals surface area contributed by atoms with Gasteiger partial charge in [0.15, 0.2) is 0 Å². The van der Waals surface area contributed by atoms with Crippen LogP contribution in [-0.4, -0.2) is 23.2 Å². The van der Waals surface area contributed by atoms with Gasteiger partial charge < -0.3 is 5.32 Å². The second-order valence-electron chi connectivity index (χ2n) is 4.80. The van der Waals surface area contributed by atoms with Gasteiger partial charge in [0.25, 0.3) is 5.91 Å². The summed E-state index contributed by atoms with van der Waals surface area (Å²) in [6, 6.07) is 12.4. The average Bonchev–Trinajstić information content (AvgIpc) is 3.07. The summed E-state index contributed by atoms with van der Waals surface area (Å²) in [4.78, 5) is 25.4. The van der Waals surface area contributed by atoms with Gasteiger partial charge in [-0.3, -0.25) is 4.79 Å². The number of hydrogen-bond acceptors (Lipinski definition) is 4. The molecule has 3 amide bonds. The van der Waals surface area contributed by atoms with Crippen LogP contribution in [0.25, 0.3) is 0 Å². The SMILES string of the molecule is C[C@@]1(c2ccccc2)NC(=O)N(/N=C\c2cccs2)C1=O. The number of carbonyl (C=O) groups excluding carboxylic acids is 2. The Labute approximate surface area is 125 Å². The molecule has 1 fully saturated rings. The van der Waals surface area contributed by atoms with Gasteiger partial charge in [-0.05, 0) is 23.9 Å². The van der Waals surface area contributed by atoms with Crippen LogP contribution >= 0.6 is 11.3 Å². The van der Waals surface area contributed by atoms with Gasteiger partial charge in [-0.2, -0.15) is 5.10 Å². The molecule has 1 N–H and O–H groups in total. The van der Waals surface area contributed by atoms with Gasteiger partial charge in [0.2, 0.25) is 0 Å². The summed E-state index contributed by atoms with van der Waals surface area (Å²) in [5.41, 5.74) is -0.345. The molecule has 106 valence electrons. The molecule has 0 bridgehead atoms. The largest absolute Gasteiger partial charge is 0.346 e. The molecule has 1 aromatic heterocycles. The highest BCUT2D eigenvalue weighted by Crippen LogP contribution is 2.28. The highest BCUT2D eigenvalue weighted by atomic mass is 32.1. The smallest absolute Gasteiger partial charge is 0.318 e. The van der Waals surface area contributed by atoms with E-state index in [4.69, 9.17) is 0 Å². The zero-order chi connectivity index (χ0) is 14.9. The lowest BCUT2D eigenvalue weighted by Crippen LogP contribution is -2.40. The molecular formula is C15H13N3O2S. The monoisotopic (exact) mass is 299 g/mol. The molecule has 5 nitrogen and oxygen atoms in total. The Balaban J connectivity index is 1.89. The normalized spacial score (nSPS) is 22.0. The molecule has 1 saturated heterocycles. The van der Waals surface area contributed by atoms with Gasteiger partial charge in [0.1, 0.15) is 5.54 Å². The maximum absolute atomic E-state index is 12.5. The number of nitrogens with one attached hydrogen (secondary N) is 1. The van der Waals surface area contributed by atoms with Crippen LogP contribution in [-0.2, 0) is 10.3 Å². The summed E-state index contributed by atoms with van der Waals surface area (Å²) in [6.07, 6.45) is 1.51. The fraction of sp³-hybridized carbons (Fsp3) is 0.133. The summed E-state index contributed by atoms with van der Waals surface area (Å²) in [5, 5.41) is 9.50. The fourth-order valence-corrected chi connectivity index (χ4v) is 2.76. The summed E-state index contributed by atoms with van der Waals surface area (Å²) >= 11 is 1.49. The van der Waals surface area contributed by atoms with Crippen molar-refractivity contribution >= 4 is 29.5 Å². The van der Waals surface area contributed by atoms with E-state index in [0.717, 1.165) is 15.4 Å². The summed E-state index contributed by atoms with van der Waals surface area (Å²) in [7, 11) is 0. The molecule has 0 radical (unpaired) electrons. The number of hydrazone groups is 1. The van der Waals surface area contributed by atoms with Crippen LogP contribution < -0.4 is 5.32 Å². The van der Waals surface area contributed by atoms with Crippen molar-refractivity contribution < 1.29 is 9.59 Å². The molecule has 0 aliphatic carbocycles. The average molecular weight is 299 g/mol. The van der Waals surface area contributed by atoms with Crippen LogP contribution in [0.3, 0.4) is 0 Å². The summed E-state index contributed by atoms with van der Waals surface area (Å²) in [6.45, 7) is 1.68. The van der Waals surface area contributed by atoms with E-state index in [-0.39, 0.29) is 5.91 Å². The maximum Gasteiger partial charge on any atom is 0.346 e. The van der Waals surface area contributed by atoms with Crippen LogP contribution in [0, 0.1) is 0 Å². The molecule has 1 aromatic carbocycles. The molecule has 1 aliphatic rings. The minimum absolute atomic E-state index is 0.383. The first-order valence-electron chi connectivity index (χ1n) is 6.41. The van der Waals surface area contributed by atoms with E-state index in [1.165, 1.54) is 17.6 Å². The van der Waals surface area contributed by atoms with Gasteiger partial charge in [0, 0.05) is 4.88 Å². The van der Waals surface area contributed by atoms with Crippen molar-refractivity contribution in [2.75, 3.05) is 0 Å². The van der Waals surface area contributed by atoms with Crippen LogP contribution in [0.2, 0.25) is 0 Å². The third-order valence-electron chi connectivity index (χ3n) is 3.36. The number of amides is 3. The second-order valence-corrected chi connectivity index (χ2v) is 5.78. The van der Waals surface area contributed by atoms with E-state index < -0.39 is 11.6 Å². The molecule has 3 rings (SSSR count). The molecular weight excluding hydrogens is 286 g/mol. The van der Waals surface area contributed by atoms with Gasteiger partial charge in [-0.1, -0.05) is 36.4 Å². The Bertz CT molecular complexity index is 697. The Morgan fingerprint density at radius 2 is 1.95 bits per heavy atom. The van der Waals surface area contributed by atoms with Crippen molar-refractivity contribution in [2.24, 2.45) is 5.10 Å². The predicted octanol–water partition coefficient (Wildman–Crippen LogP) is 2.55. The van der Waals surface area contributed by atoms with Gasteiger partial charge >= 0.3 is 6.03 Å². The molecule has 0 saturated carbocycles. The standard InChI is InChI=1S/C15H13N3O2S/c1-15(11-6-3-2-4-7-11)13(19)18(14(20)17-15)16-10-12-8-5-9-21-12/h2-10H,1H3,(H,17,20)/b16-10-/t15-/m0/s1. The van der Waals surface area contributed by atoms with Gasteiger partial charge in [-0.25, -0.2) is 4.79 Å². The number of carbonyl (C=O) groups is 2. The van der Waals surface area contributed by atoms with E-state index >= 15 is 0 Å². The van der Waals surface area contributed by atoms with Crippen LogP contribution in [0.15, 0.2) is 52.9 Å². The number of urea groups is 1. The Hall–Kier alpha value is -2.47. The predicted molar refractivity (Wildman–Crippen MR) is 81.1 cm³/mol. The molecule has 0 spiro atoms. The highest BCUT2D eigenvalue weighted by Gasteiger charge is 2.49. The summed E-state index contributed by atoms with van der Waals surface area (Å²) < 4.78 is 0. The first-order chi connectivity index (χ1) is 10.1. The molecule has 2 aromatic rings. The third-order valence-corrected chi connectivity index (χ3v) is 4.17. The van der Waals surface area contributed by atoms with E-state index in [9.17, 15) is 9.59 Å². The zero-order valence-corrected chi connectivity index (χ0v) is 12.1. The van der Waals surface area contributed by atoms with Crippen molar-refractivity contribution in [2.45, 2.75) is 12.5 Å². The third kappa shape index (κ3) is 2.34. The minimum Gasteiger partial charge on any atom is -0.318 e. The summed E-state index contributed by atoms with van der Waals surface area (Å²) in [5.74, 6) is -0.383. The Morgan fingerprint density at radius 3 is 2.62 bits per heavy atom. The fourth-order valence-electron chi connectivity index (χ4n) is 2.18. The highest BCUT2D eigenvalue weighted by molar-refractivity contribution is 7.11. The van der Waals surface area contributed by atoms with E-state index in [2.05, 4.69) is 10.4 Å². The van der Waals surface area contributed by atoms with Crippen LogP contribution in [0.1, 0.15) is 17.4 Å².